The number of hydrogen-bond donors (Lipinski definition) is 1. The summed E-state index contributed by atoms with van der Waals surface area (Å²) in [6, 6.07) is 5.74. The molecule has 172 valence electrons. The highest BCUT2D eigenvalue weighted by Gasteiger charge is 2.35. The first-order valence-corrected chi connectivity index (χ1v) is 11.2. The van der Waals surface area contributed by atoms with E-state index in [9.17, 15) is 18.4 Å². The first-order valence-electron chi connectivity index (χ1n) is 10.8. The van der Waals surface area contributed by atoms with Crippen molar-refractivity contribution in [1.29, 1.82) is 5.26 Å². The molecule has 0 radical (unpaired) electrons. The number of aromatic nitrogens is 2. The number of anilines is 1. The Morgan fingerprint density at radius 3 is 2.69 bits per heavy atom. The van der Waals surface area contributed by atoms with E-state index in [0.29, 0.717) is 35.5 Å². The molecule has 1 N–H and O–H groups in total. The van der Waals surface area contributed by atoms with Crippen LogP contribution in [-0.4, -0.2) is 16.5 Å². The molecule has 0 amide bonds. The highest BCUT2D eigenvalue weighted by Crippen LogP contribution is 2.44. The zero-order chi connectivity index (χ0) is 23.5. The van der Waals surface area contributed by atoms with Crippen LogP contribution in [0.2, 0.25) is 5.02 Å². The summed E-state index contributed by atoms with van der Waals surface area (Å²) in [5, 5.41) is 12.7. The van der Waals surface area contributed by atoms with E-state index in [1.54, 1.807) is 0 Å². The van der Waals surface area contributed by atoms with Gasteiger partial charge in [0.15, 0.2) is 0 Å². The zero-order valence-electron chi connectivity index (χ0n) is 18.6. The number of nitrogens with one attached hydrogen (secondary N) is 1. The average Bonchev–Trinajstić information content (AvgIpc) is 2.70. The lowest BCUT2D eigenvalue weighted by atomic mass is 9.65. The molecule has 0 bridgehead atoms. The van der Waals surface area contributed by atoms with Gasteiger partial charge in [-0.3, -0.25) is 0 Å². The second-order valence-corrected chi connectivity index (χ2v) is 9.82. The number of benzene rings is 1. The van der Waals surface area contributed by atoms with Gasteiger partial charge in [0.2, 0.25) is 5.95 Å². The van der Waals surface area contributed by atoms with Crippen LogP contribution in [-0.2, 0) is 19.0 Å². The van der Waals surface area contributed by atoms with Crippen LogP contribution in [0.25, 0.3) is 0 Å². The summed E-state index contributed by atoms with van der Waals surface area (Å²) in [4.78, 5) is 8.70. The fourth-order valence-electron chi connectivity index (χ4n) is 4.48. The average molecular weight is 465 g/mol. The van der Waals surface area contributed by atoms with E-state index in [-0.39, 0.29) is 29.0 Å². The van der Waals surface area contributed by atoms with Crippen LogP contribution in [0.5, 0.6) is 0 Å². The number of nitrogens with zero attached hydrogens (tertiary/aromatic N) is 3. The van der Waals surface area contributed by atoms with E-state index in [1.807, 2.05) is 0 Å². The van der Waals surface area contributed by atoms with Gasteiger partial charge in [-0.05, 0) is 73.1 Å². The summed E-state index contributed by atoms with van der Waals surface area (Å²) in [5.41, 5.74) is 0.807. The van der Waals surface area contributed by atoms with Crippen molar-refractivity contribution in [3.63, 3.8) is 0 Å². The molecular weight excluding hydrogens is 437 g/mol. The Morgan fingerprint density at radius 1 is 1.28 bits per heavy atom. The predicted octanol–water partition coefficient (Wildman–Crippen LogP) is 6.68. The molecule has 3 rings (SSSR count). The molecule has 0 unspecified atom stereocenters. The summed E-state index contributed by atoms with van der Waals surface area (Å²) < 4.78 is 39.7. The maximum absolute atomic E-state index is 13.2. The van der Waals surface area contributed by atoms with Gasteiger partial charge >= 0.3 is 6.18 Å². The summed E-state index contributed by atoms with van der Waals surface area (Å²) in [5.74, 6) is 1.42. The van der Waals surface area contributed by atoms with Crippen molar-refractivity contribution in [3.05, 3.63) is 51.8 Å². The molecule has 1 fully saturated rings. The van der Waals surface area contributed by atoms with E-state index in [1.165, 1.54) is 18.3 Å². The van der Waals surface area contributed by atoms with Gasteiger partial charge in [0.05, 0.1) is 23.0 Å². The Kier molecular flexibility index (Phi) is 7.34. The molecule has 8 heteroatoms. The van der Waals surface area contributed by atoms with Crippen LogP contribution >= 0.6 is 11.6 Å². The first kappa shape index (κ1) is 24.3. The van der Waals surface area contributed by atoms with Crippen LogP contribution < -0.4 is 5.32 Å². The molecular formula is C24H28ClF3N4. The Morgan fingerprint density at radius 2 is 2.03 bits per heavy atom. The third-order valence-electron chi connectivity index (χ3n) is 6.68. The Labute approximate surface area is 192 Å². The van der Waals surface area contributed by atoms with E-state index < -0.39 is 11.7 Å². The van der Waals surface area contributed by atoms with Gasteiger partial charge < -0.3 is 5.32 Å². The summed E-state index contributed by atoms with van der Waals surface area (Å²) in [7, 11) is 0. The fourth-order valence-corrected chi connectivity index (χ4v) is 4.67. The maximum atomic E-state index is 13.2. The maximum Gasteiger partial charge on any atom is 0.416 e. The number of hydrogen-bond acceptors (Lipinski definition) is 4. The van der Waals surface area contributed by atoms with Crippen LogP contribution in [0, 0.1) is 28.6 Å². The smallest absolute Gasteiger partial charge is 0.354 e. The molecule has 2 atom stereocenters. The first-order chi connectivity index (χ1) is 15.0. The molecule has 1 aromatic carbocycles. The number of alkyl halides is 3. The molecule has 1 saturated carbocycles. The molecule has 0 aliphatic heterocycles. The van der Waals surface area contributed by atoms with Crippen molar-refractivity contribution in [2.45, 2.75) is 59.1 Å². The lowest BCUT2D eigenvalue weighted by Crippen LogP contribution is -2.31. The third-order valence-corrected chi connectivity index (χ3v) is 6.91. The standard InChI is InChI=1S/C24H28ClF3N4/c1-15-4-5-16(12-23(15,2)3)10-21-18(13-29)14-31-22(32-21)30-9-8-17-11-19(25)6-7-20(17)24(26,27)28/h6-7,11,14-16H,4-5,8-10,12H2,1-3H3,(H,30,31,32)/t15-,16-/m0/s1. The quantitative estimate of drug-likeness (QED) is 0.518. The molecule has 4 nitrogen and oxygen atoms in total. The molecule has 1 aromatic heterocycles. The lowest BCUT2D eigenvalue weighted by molar-refractivity contribution is -0.138. The molecule has 1 heterocycles. The Bertz CT molecular complexity index is 998. The van der Waals surface area contributed by atoms with E-state index in [4.69, 9.17) is 11.6 Å². The van der Waals surface area contributed by atoms with Crippen LogP contribution in [0.15, 0.2) is 24.4 Å². The normalized spacial score (nSPS) is 20.6. The topological polar surface area (TPSA) is 61.6 Å². The van der Waals surface area contributed by atoms with Crippen molar-refractivity contribution in [1.82, 2.24) is 9.97 Å². The Hall–Kier alpha value is -2.33. The number of rotatable bonds is 6. The number of nitriles is 1. The van der Waals surface area contributed by atoms with Crippen molar-refractivity contribution in [2.24, 2.45) is 17.3 Å². The summed E-state index contributed by atoms with van der Waals surface area (Å²) in [6.07, 6.45) is 1.17. The van der Waals surface area contributed by atoms with E-state index in [0.717, 1.165) is 25.3 Å². The van der Waals surface area contributed by atoms with E-state index in [2.05, 4.69) is 42.1 Å². The largest absolute Gasteiger partial charge is 0.416 e. The monoisotopic (exact) mass is 464 g/mol. The number of halogens is 4. The minimum Gasteiger partial charge on any atom is -0.354 e. The summed E-state index contributed by atoms with van der Waals surface area (Å²) in [6.45, 7) is 7.07. The second kappa shape index (κ2) is 9.66. The van der Waals surface area contributed by atoms with Crippen LogP contribution in [0.4, 0.5) is 19.1 Å². The fraction of sp³-hybridized carbons (Fsp3) is 0.542. The van der Waals surface area contributed by atoms with Gasteiger partial charge in [-0.2, -0.15) is 18.4 Å². The Balaban J connectivity index is 1.69. The van der Waals surface area contributed by atoms with Gasteiger partial charge in [-0.15, -0.1) is 0 Å². The molecule has 0 saturated heterocycles. The van der Waals surface area contributed by atoms with Crippen molar-refractivity contribution in [3.8, 4) is 6.07 Å². The van der Waals surface area contributed by atoms with Crippen molar-refractivity contribution >= 4 is 17.5 Å². The molecule has 32 heavy (non-hydrogen) atoms. The second-order valence-electron chi connectivity index (χ2n) is 9.38. The zero-order valence-corrected chi connectivity index (χ0v) is 19.3. The molecule has 0 spiro atoms. The van der Waals surface area contributed by atoms with Gasteiger partial charge in [-0.1, -0.05) is 32.4 Å². The highest BCUT2D eigenvalue weighted by molar-refractivity contribution is 6.30. The highest BCUT2D eigenvalue weighted by atomic mass is 35.5. The van der Waals surface area contributed by atoms with E-state index >= 15 is 0 Å². The third kappa shape index (κ3) is 5.92. The van der Waals surface area contributed by atoms with Crippen molar-refractivity contribution < 1.29 is 13.2 Å². The SMILES string of the molecule is C[C@H]1CC[C@@H](Cc2nc(NCCc3cc(Cl)ccc3C(F)(F)F)ncc2C#N)CC1(C)C. The molecule has 2 aromatic rings. The van der Waals surface area contributed by atoms with Gasteiger partial charge in [0.25, 0.3) is 0 Å². The molecule has 1 aliphatic rings. The summed E-state index contributed by atoms with van der Waals surface area (Å²) >= 11 is 5.90. The van der Waals surface area contributed by atoms with Crippen LogP contribution in [0.1, 0.15) is 62.4 Å². The minimum atomic E-state index is -4.44. The minimum absolute atomic E-state index is 0.114. The van der Waals surface area contributed by atoms with Gasteiger partial charge in [0.1, 0.15) is 6.07 Å². The lowest BCUT2D eigenvalue weighted by Gasteiger charge is -2.40. The van der Waals surface area contributed by atoms with Crippen LogP contribution in [0.3, 0.4) is 0 Å². The predicted molar refractivity (Wildman–Crippen MR) is 119 cm³/mol. The van der Waals surface area contributed by atoms with Crippen molar-refractivity contribution in [2.75, 3.05) is 11.9 Å². The van der Waals surface area contributed by atoms with Gasteiger partial charge in [0, 0.05) is 11.6 Å². The van der Waals surface area contributed by atoms with Gasteiger partial charge in [-0.25, -0.2) is 9.97 Å². The molecule has 1 aliphatic carbocycles.